The molecule has 6 heteroatoms. The van der Waals surface area contributed by atoms with Crippen LogP contribution in [-0.4, -0.2) is 36.6 Å². The largest absolute Gasteiger partial charge is 0.494 e. The number of hydrogen-bond donors (Lipinski definition) is 1. The first kappa shape index (κ1) is 19.6. The van der Waals surface area contributed by atoms with Gasteiger partial charge < -0.3 is 15.0 Å². The van der Waals surface area contributed by atoms with Crippen LogP contribution in [0.3, 0.4) is 0 Å². The van der Waals surface area contributed by atoms with Crippen LogP contribution in [0.5, 0.6) is 5.75 Å². The van der Waals surface area contributed by atoms with Gasteiger partial charge in [0.1, 0.15) is 17.4 Å². The first-order chi connectivity index (χ1) is 13.6. The van der Waals surface area contributed by atoms with Crippen molar-refractivity contribution in [1.82, 2.24) is 15.3 Å². The predicted octanol–water partition coefficient (Wildman–Crippen LogP) is 4.00. The van der Waals surface area contributed by atoms with E-state index >= 15 is 0 Å². The number of amides is 1. The van der Waals surface area contributed by atoms with Crippen molar-refractivity contribution in [3.05, 3.63) is 54.4 Å². The number of benzene rings is 2. The predicted molar refractivity (Wildman–Crippen MR) is 112 cm³/mol. The number of nitrogens with one attached hydrogen (secondary N) is 1. The van der Waals surface area contributed by atoms with E-state index in [2.05, 4.69) is 20.2 Å². The Morgan fingerprint density at radius 3 is 2.75 bits per heavy atom. The van der Waals surface area contributed by atoms with Gasteiger partial charge in [0.25, 0.3) is 0 Å². The molecule has 1 N–H and O–H groups in total. The Morgan fingerprint density at radius 2 is 1.93 bits per heavy atom. The smallest absolute Gasteiger partial charge is 0.219 e. The van der Waals surface area contributed by atoms with Gasteiger partial charge in [0.15, 0.2) is 0 Å². The highest BCUT2D eigenvalue weighted by atomic mass is 16.5. The minimum atomic E-state index is 0.0657. The van der Waals surface area contributed by atoms with Crippen molar-refractivity contribution in [2.75, 3.05) is 25.6 Å². The molecule has 28 heavy (non-hydrogen) atoms. The van der Waals surface area contributed by atoms with Crippen molar-refractivity contribution in [2.45, 2.75) is 26.2 Å². The Balaban J connectivity index is 1.71. The van der Waals surface area contributed by atoms with E-state index in [4.69, 9.17) is 4.74 Å². The van der Waals surface area contributed by atoms with E-state index in [1.165, 1.54) is 0 Å². The van der Waals surface area contributed by atoms with Gasteiger partial charge in [-0.3, -0.25) is 4.79 Å². The van der Waals surface area contributed by atoms with Crippen molar-refractivity contribution in [1.29, 1.82) is 0 Å². The Bertz CT molecular complexity index is 958. The molecule has 6 nitrogen and oxygen atoms in total. The van der Waals surface area contributed by atoms with E-state index in [0.717, 1.165) is 46.8 Å². The van der Waals surface area contributed by atoms with Gasteiger partial charge in [-0.05, 0) is 44.0 Å². The van der Waals surface area contributed by atoms with Crippen LogP contribution in [0.15, 0.2) is 48.5 Å². The van der Waals surface area contributed by atoms with Gasteiger partial charge in [0.2, 0.25) is 5.91 Å². The standard InChI is InChI=1S/C22H26N4O2/c1-16-24-20-12-5-4-11-19(20)22(25-16)26(3)17-9-8-10-18(15-17)28-14-7-6-13-21(27)23-2/h4-5,8-12,15H,6-7,13-14H2,1-3H3,(H,23,27). The molecule has 0 unspecified atom stereocenters. The third-order valence-electron chi connectivity index (χ3n) is 4.56. The Morgan fingerprint density at radius 1 is 1.11 bits per heavy atom. The maximum atomic E-state index is 11.2. The quantitative estimate of drug-likeness (QED) is 0.600. The number of carbonyl (C=O) groups is 1. The van der Waals surface area contributed by atoms with Crippen molar-refractivity contribution < 1.29 is 9.53 Å². The van der Waals surface area contributed by atoms with Gasteiger partial charge in [0.05, 0.1) is 12.1 Å². The Labute approximate surface area is 165 Å². The molecule has 0 bridgehead atoms. The molecule has 1 heterocycles. The molecule has 3 aromatic rings. The summed E-state index contributed by atoms with van der Waals surface area (Å²) < 4.78 is 5.87. The summed E-state index contributed by atoms with van der Waals surface area (Å²) in [4.78, 5) is 22.5. The number of nitrogens with zero attached hydrogens (tertiary/aromatic N) is 3. The lowest BCUT2D eigenvalue weighted by atomic mass is 10.2. The van der Waals surface area contributed by atoms with Gasteiger partial charge in [0, 0.05) is 37.7 Å². The Kier molecular flexibility index (Phi) is 6.42. The van der Waals surface area contributed by atoms with Crippen LogP contribution in [0.4, 0.5) is 11.5 Å². The molecule has 146 valence electrons. The number of carbonyl (C=O) groups excluding carboxylic acids is 1. The van der Waals surface area contributed by atoms with Gasteiger partial charge in [-0.15, -0.1) is 0 Å². The highest BCUT2D eigenvalue weighted by molar-refractivity contribution is 5.91. The topological polar surface area (TPSA) is 67.3 Å². The third kappa shape index (κ3) is 4.76. The summed E-state index contributed by atoms with van der Waals surface area (Å²) in [7, 11) is 3.65. The number of para-hydroxylation sites is 1. The van der Waals surface area contributed by atoms with Gasteiger partial charge in [-0.25, -0.2) is 9.97 Å². The Hall–Kier alpha value is -3.15. The molecule has 1 aromatic heterocycles. The van der Waals surface area contributed by atoms with E-state index in [0.29, 0.717) is 13.0 Å². The number of fused-ring (bicyclic) bond motifs is 1. The van der Waals surface area contributed by atoms with Gasteiger partial charge >= 0.3 is 0 Å². The first-order valence-electron chi connectivity index (χ1n) is 9.49. The number of rotatable bonds is 8. The minimum Gasteiger partial charge on any atom is -0.494 e. The molecule has 0 aliphatic carbocycles. The highest BCUT2D eigenvalue weighted by Gasteiger charge is 2.12. The lowest BCUT2D eigenvalue weighted by molar-refractivity contribution is -0.120. The molecular formula is C22H26N4O2. The average molecular weight is 378 g/mol. The number of aromatic nitrogens is 2. The number of anilines is 2. The third-order valence-corrected chi connectivity index (χ3v) is 4.56. The molecule has 1 amide bonds. The van der Waals surface area contributed by atoms with Gasteiger partial charge in [-0.1, -0.05) is 18.2 Å². The second kappa shape index (κ2) is 9.17. The lowest BCUT2D eigenvalue weighted by Crippen LogP contribution is -2.17. The van der Waals surface area contributed by atoms with E-state index in [-0.39, 0.29) is 5.91 Å². The summed E-state index contributed by atoms with van der Waals surface area (Å²) in [5.74, 6) is 2.48. The second-order valence-corrected chi connectivity index (χ2v) is 6.65. The number of aryl methyl sites for hydroxylation is 1. The first-order valence-corrected chi connectivity index (χ1v) is 9.49. The van der Waals surface area contributed by atoms with E-state index < -0.39 is 0 Å². The minimum absolute atomic E-state index is 0.0657. The van der Waals surface area contributed by atoms with E-state index in [1.807, 2.05) is 62.5 Å². The summed E-state index contributed by atoms with van der Waals surface area (Å²) in [6.07, 6.45) is 2.18. The fraction of sp³-hybridized carbons (Fsp3) is 0.318. The highest BCUT2D eigenvalue weighted by Crippen LogP contribution is 2.30. The molecule has 0 saturated carbocycles. The molecule has 0 aliphatic rings. The monoisotopic (exact) mass is 378 g/mol. The summed E-state index contributed by atoms with van der Waals surface area (Å²) >= 11 is 0. The molecule has 0 radical (unpaired) electrons. The van der Waals surface area contributed by atoms with E-state index in [9.17, 15) is 4.79 Å². The summed E-state index contributed by atoms with van der Waals surface area (Å²) in [6, 6.07) is 16.0. The SMILES string of the molecule is CNC(=O)CCCCOc1cccc(N(C)c2nc(C)nc3ccccc23)c1. The summed E-state index contributed by atoms with van der Waals surface area (Å²) in [5, 5.41) is 3.64. The maximum Gasteiger partial charge on any atom is 0.219 e. The lowest BCUT2D eigenvalue weighted by Gasteiger charge is -2.21. The number of ether oxygens (including phenoxy) is 1. The molecule has 0 spiro atoms. The molecule has 3 rings (SSSR count). The van der Waals surface area contributed by atoms with Crippen molar-refractivity contribution in [3.8, 4) is 5.75 Å². The summed E-state index contributed by atoms with van der Waals surface area (Å²) in [5.41, 5.74) is 1.92. The van der Waals surface area contributed by atoms with Crippen molar-refractivity contribution in [3.63, 3.8) is 0 Å². The van der Waals surface area contributed by atoms with Crippen LogP contribution in [0, 0.1) is 6.92 Å². The van der Waals surface area contributed by atoms with Crippen LogP contribution < -0.4 is 15.0 Å². The molecule has 0 fully saturated rings. The zero-order valence-corrected chi connectivity index (χ0v) is 16.6. The van der Waals surface area contributed by atoms with Crippen LogP contribution in [0.25, 0.3) is 10.9 Å². The van der Waals surface area contributed by atoms with Crippen LogP contribution >= 0.6 is 0 Å². The molecule has 2 aromatic carbocycles. The zero-order valence-electron chi connectivity index (χ0n) is 16.6. The average Bonchev–Trinajstić information content (AvgIpc) is 2.72. The van der Waals surface area contributed by atoms with Crippen LogP contribution in [0.2, 0.25) is 0 Å². The molecule has 0 atom stereocenters. The van der Waals surface area contributed by atoms with Crippen LogP contribution in [-0.2, 0) is 4.79 Å². The number of unbranched alkanes of at least 4 members (excludes halogenated alkanes) is 1. The second-order valence-electron chi connectivity index (χ2n) is 6.65. The fourth-order valence-electron chi connectivity index (χ4n) is 3.04. The van der Waals surface area contributed by atoms with Crippen molar-refractivity contribution >= 4 is 28.3 Å². The maximum absolute atomic E-state index is 11.2. The zero-order chi connectivity index (χ0) is 19.9. The normalized spacial score (nSPS) is 10.7. The van der Waals surface area contributed by atoms with Crippen molar-refractivity contribution in [2.24, 2.45) is 0 Å². The van der Waals surface area contributed by atoms with E-state index in [1.54, 1.807) is 7.05 Å². The molecule has 0 aliphatic heterocycles. The summed E-state index contributed by atoms with van der Waals surface area (Å²) in [6.45, 7) is 2.49. The number of hydrogen-bond acceptors (Lipinski definition) is 5. The molecular weight excluding hydrogens is 352 g/mol. The van der Waals surface area contributed by atoms with Gasteiger partial charge in [-0.2, -0.15) is 0 Å². The van der Waals surface area contributed by atoms with Crippen LogP contribution in [0.1, 0.15) is 25.1 Å². The molecule has 0 saturated heterocycles. The fourth-order valence-corrected chi connectivity index (χ4v) is 3.04.